The standard InChI is InChI=1S/C16H17N3OS/c1-10-4-3-5-12-6-7-13(18-15(10)12)9-21-16-17-11(2)8-14(20)19-16/h3,5-8,10H,4,9H2,1-2H3,(H,17,19,20). The van der Waals surface area contributed by atoms with Crippen LogP contribution in [0.5, 0.6) is 0 Å². The lowest BCUT2D eigenvalue weighted by molar-refractivity contribution is 0.734. The quantitative estimate of drug-likeness (QED) is 0.698. The molecule has 0 aromatic carbocycles. The Bertz CT molecular complexity index is 751. The van der Waals surface area contributed by atoms with Crippen LogP contribution in [-0.2, 0) is 5.75 Å². The lowest BCUT2D eigenvalue weighted by atomic mass is 9.93. The van der Waals surface area contributed by atoms with Gasteiger partial charge in [0.1, 0.15) is 0 Å². The maximum Gasteiger partial charge on any atom is 0.251 e. The van der Waals surface area contributed by atoms with Crippen molar-refractivity contribution in [2.24, 2.45) is 0 Å². The molecule has 1 unspecified atom stereocenters. The van der Waals surface area contributed by atoms with E-state index in [0.717, 1.165) is 17.8 Å². The Morgan fingerprint density at radius 3 is 3.05 bits per heavy atom. The maximum absolute atomic E-state index is 11.4. The van der Waals surface area contributed by atoms with Crippen molar-refractivity contribution in [1.29, 1.82) is 0 Å². The molecule has 108 valence electrons. The topological polar surface area (TPSA) is 58.6 Å². The summed E-state index contributed by atoms with van der Waals surface area (Å²) in [5, 5.41) is 0.646. The Morgan fingerprint density at radius 2 is 2.24 bits per heavy atom. The first-order valence-corrected chi connectivity index (χ1v) is 7.97. The molecule has 4 nitrogen and oxygen atoms in total. The van der Waals surface area contributed by atoms with Crippen LogP contribution in [0.4, 0.5) is 0 Å². The van der Waals surface area contributed by atoms with Crippen molar-refractivity contribution in [1.82, 2.24) is 15.0 Å². The van der Waals surface area contributed by atoms with Crippen molar-refractivity contribution in [3.05, 3.63) is 57.3 Å². The number of H-pyrrole nitrogens is 1. The highest BCUT2D eigenvalue weighted by Crippen LogP contribution is 2.28. The molecule has 1 N–H and O–H groups in total. The number of pyridine rings is 1. The fourth-order valence-corrected chi connectivity index (χ4v) is 3.24. The van der Waals surface area contributed by atoms with Crippen molar-refractivity contribution >= 4 is 17.8 Å². The first-order valence-electron chi connectivity index (χ1n) is 6.99. The Kier molecular flexibility index (Phi) is 3.92. The first-order chi connectivity index (χ1) is 10.1. The molecule has 0 radical (unpaired) electrons. The van der Waals surface area contributed by atoms with E-state index in [2.05, 4.69) is 35.1 Å². The number of nitrogens with zero attached hydrogens (tertiary/aromatic N) is 2. The average Bonchev–Trinajstić information content (AvgIpc) is 2.45. The van der Waals surface area contributed by atoms with E-state index in [1.807, 2.05) is 13.0 Å². The van der Waals surface area contributed by atoms with Crippen molar-refractivity contribution < 1.29 is 0 Å². The number of aromatic nitrogens is 3. The molecule has 0 aliphatic heterocycles. The molecule has 2 aromatic rings. The zero-order valence-electron chi connectivity index (χ0n) is 12.1. The largest absolute Gasteiger partial charge is 0.301 e. The van der Waals surface area contributed by atoms with Crippen molar-refractivity contribution in [2.75, 3.05) is 0 Å². The van der Waals surface area contributed by atoms with Crippen LogP contribution in [0.25, 0.3) is 6.08 Å². The summed E-state index contributed by atoms with van der Waals surface area (Å²) in [6.45, 7) is 4.02. The van der Waals surface area contributed by atoms with E-state index in [-0.39, 0.29) is 5.56 Å². The highest BCUT2D eigenvalue weighted by molar-refractivity contribution is 7.98. The van der Waals surface area contributed by atoms with Gasteiger partial charge in [-0.3, -0.25) is 9.78 Å². The number of hydrogen-bond donors (Lipinski definition) is 1. The molecule has 5 heteroatoms. The Balaban J connectivity index is 1.78. The predicted octanol–water partition coefficient (Wildman–Crippen LogP) is 3.29. The van der Waals surface area contributed by atoms with E-state index in [1.54, 1.807) is 0 Å². The summed E-state index contributed by atoms with van der Waals surface area (Å²) in [5.74, 6) is 1.17. The molecule has 0 bridgehead atoms. The van der Waals surface area contributed by atoms with E-state index < -0.39 is 0 Å². The predicted molar refractivity (Wildman–Crippen MR) is 85.5 cm³/mol. The van der Waals surface area contributed by atoms with Gasteiger partial charge in [-0.25, -0.2) is 4.98 Å². The summed E-state index contributed by atoms with van der Waals surface area (Å²) in [6.07, 6.45) is 5.38. The maximum atomic E-state index is 11.4. The second-order valence-electron chi connectivity index (χ2n) is 5.30. The molecule has 1 aliphatic rings. The minimum absolute atomic E-state index is 0.109. The molecule has 3 rings (SSSR count). The van der Waals surface area contributed by atoms with Crippen LogP contribution in [0.15, 0.2) is 34.2 Å². The summed E-state index contributed by atoms with van der Waals surface area (Å²) in [6, 6.07) is 5.66. The van der Waals surface area contributed by atoms with Crippen LogP contribution in [-0.4, -0.2) is 15.0 Å². The van der Waals surface area contributed by atoms with Gasteiger partial charge in [0.15, 0.2) is 5.16 Å². The third-order valence-electron chi connectivity index (χ3n) is 3.47. The SMILES string of the molecule is Cc1cc(=O)[nH]c(SCc2ccc3c(n2)C(C)CC=C3)n1. The zero-order valence-corrected chi connectivity index (χ0v) is 12.9. The smallest absolute Gasteiger partial charge is 0.251 e. The summed E-state index contributed by atoms with van der Waals surface area (Å²) in [4.78, 5) is 23.3. The molecule has 0 saturated heterocycles. The molecule has 0 amide bonds. The van der Waals surface area contributed by atoms with Crippen LogP contribution < -0.4 is 5.56 Å². The van der Waals surface area contributed by atoms with Crippen LogP contribution in [0.3, 0.4) is 0 Å². The van der Waals surface area contributed by atoms with E-state index >= 15 is 0 Å². The number of thioether (sulfide) groups is 1. The van der Waals surface area contributed by atoms with E-state index in [0.29, 0.717) is 16.8 Å². The zero-order chi connectivity index (χ0) is 14.8. The number of aryl methyl sites for hydroxylation is 1. The number of hydrogen-bond acceptors (Lipinski definition) is 4. The molecule has 0 fully saturated rings. The van der Waals surface area contributed by atoms with Gasteiger partial charge in [-0.2, -0.15) is 0 Å². The Labute approximate surface area is 127 Å². The highest BCUT2D eigenvalue weighted by Gasteiger charge is 2.14. The molecule has 1 aliphatic carbocycles. The summed E-state index contributed by atoms with van der Waals surface area (Å²) in [7, 11) is 0. The fraction of sp³-hybridized carbons (Fsp3) is 0.312. The lowest BCUT2D eigenvalue weighted by Crippen LogP contribution is -2.08. The van der Waals surface area contributed by atoms with Gasteiger partial charge in [0, 0.05) is 23.4 Å². The number of fused-ring (bicyclic) bond motifs is 1. The molecule has 0 saturated carbocycles. The first kappa shape index (κ1) is 14.1. The third kappa shape index (κ3) is 3.24. The van der Waals surface area contributed by atoms with Gasteiger partial charge in [-0.1, -0.05) is 36.9 Å². The van der Waals surface area contributed by atoms with E-state index in [1.165, 1.54) is 29.1 Å². The molecular formula is C16H17N3OS. The van der Waals surface area contributed by atoms with Gasteiger partial charge >= 0.3 is 0 Å². The molecule has 0 spiro atoms. The minimum Gasteiger partial charge on any atom is -0.301 e. The summed E-state index contributed by atoms with van der Waals surface area (Å²) >= 11 is 1.51. The van der Waals surface area contributed by atoms with Gasteiger partial charge in [0.05, 0.1) is 11.4 Å². The van der Waals surface area contributed by atoms with Crippen molar-refractivity contribution in [2.45, 2.75) is 37.1 Å². The van der Waals surface area contributed by atoms with Gasteiger partial charge in [0.25, 0.3) is 5.56 Å². The van der Waals surface area contributed by atoms with E-state index in [4.69, 9.17) is 4.98 Å². The molecule has 21 heavy (non-hydrogen) atoms. The van der Waals surface area contributed by atoms with Gasteiger partial charge in [-0.15, -0.1) is 0 Å². The second-order valence-corrected chi connectivity index (χ2v) is 6.26. The molecule has 2 aromatic heterocycles. The van der Waals surface area contributed by atoms with Gasteiger partial charge < -0.3 is 4.98 Å². The fourth-order valence-electron chi connectivity index (χ4n) is 2.42. The Morgan fingerprint density at radius 1 is 1.38 bits per heavy atom. The minimum atomic E-state index is -0.109. The molecule has 1 atom stereocenters. The summed E-state index contributed by atoms with van der Waals surface area (Å²) < 4.78 is 0. The molecule has 2 heterocycles. The van der Waals surface area contributed by atoms with Gasteiger partial charge in [-0.05, 0) is 25.0 Å². The average molecular weight is 299 g/mol. The normalized spacial score (nSPS) is 16.8. The lowest BCUT2D eigenvalue weighted by Gasteiger charge is -2.17. The monoisotopic (exact) mass is 299 g/mol. The van der Waals surface area contributed by atoms with Crippen molar-refractivity contribution in [3.8, 4) is 0 Å². The Hall–Kier alpha value is -1.88. The van der Waals surface area contributed by atoms with Crippen LogP contribution >= 0.6 is 11.8 Å². The number of nitrogens with one attached hydrogen (secondary N) is 1. The summed E-state index contributed by atoms with van der Waals surface area (Å²) in [5.41, 5.74) is 4.02. The van der Waals surface area contributed by atoms with E-state index in [9.17, 15) is 4.79 Å². The number of allylic oxidation sites excluding steroid dienone is 1. The van der Waals surface area contributed by atoms with Gasteiger partial charge in [0.2, 0.25) is 0 Å². The number of rotatable bonds is 3. The highest BCUT2D eigenvalue weighted by atomic mass is 32.2. The third-order valence-corrected chi connectivity index (χ3v) is 4.38. The van der Waals surface area contributed by atoms with Crippen LogP contribution in [0.2, 0.25) is 0 Å². The molecular weight excluding hydrogens is 282 g/mol. The van der Waals surface area contributed by atoms with Crippen LogP contribution in [0, 0.1) is 6.92 Å². The van der Waals surface area contributed by atoms with Crippen molar-refractivity contribution in [3.63, 3.8) is 0 Å². The van der Waals surface area contributed by atoms with Crippen LogP contribution in [0.1, 0.15) is 41.9 Å². The second kappa shape index (κ2) is 5.85. The number of aromatic amines is 1.